The standard InChI is InChI=1S/C24H24N6O/c1-17(18-10-12-20(13-11-18)29-16-25-15-26-29)28(2)24(31)23-14-22(19-8-9-19)27-30(23)21-6-4-3-5-7-21/h3-7,10-17,19H,8-9H2,1-2H3/t17-/m1/s1. The smallest absolute Gasteiger partial charge is 0.272 e. The predicted octanol–water partition coefficient (Wildman–Crippen LogP) is 4.16. The van der Waals surface area contributed by atoms with Crippen molar-refractivity contribution >= 4 is 5.91 Å². The molecule has 0 aliphatic heterocycles. The molecule has 1 saturated carbocycles. The first kappa shape index (κ1) is 19.2. The summed E-state index contributed by atoms with van der Waals surface area (Å²) < 4.78 is 3.49. The lowest BCUT2D eigenvalue weighted by Gasteiger charge is -2.25. The molecule has 1 amide bonds. The maximum atomic E-state index is 13.5. The highest BCUT2D eigenvalue weighted by atomic mass is 16.2. The fraction of sp³-hybridized carbons (Fsp3) is 0.250. The van der Waals surface area contributed by atoms with Crippen molar-refractivity contribution in [1.82, 2.24) is 29.4 Å². The predicted molar refractivity (Wildman–Crippen MR) is 117 cm³/mol. The molecule has 0 radical (unpaired) electrons. The molecule has 7 heteroatoms. The lowest BCUT2D eigenvalue weighted by molar-refractivity contribution is 0.0733. The van der Waals surface area contributed by atoms with E-state index in [4.69, 9.17) is 5.10 Å². The molecule has 0 bridgehead atoms. The Hall–Kier alpha value is -3.74. The number of hydrogen-bond donors (Lipinski definition) is 0. The van der Waals surface area contributed by atoms with Crippen LogP contribution in [0.1, 0.15) is 53.5 Å². The lowest BCUT2D eigenvalue weighted by Crippen LogP contribution is -2.31. The summed E-state index contributed by atoms with van der Waals surface area (Å²) in [5.41, 5.74) is 4.48. The SMILES string of the molecule is C[C@H](c1ccc(-n2cncn2)cc1)N(C)C(=O)c1cc(C2CC2)nn1-c1ccccc1. The number of aromatic nitrogens is 5. The van der Waals surface area contributed by atoms with Gasteiger partial charge in [0.25, 0.3) is 5.91 Å². The minimum absolute atomic E-state index is 0.0453. The molecule has 0 unspecified atom stereocenters. The van der Waals surface area contributed by atoms with Gasteiger partial charge >= 0.3 is 0 Å². The van der Waals surface area contributed by atoms with Gasteiger partial charge in [0.2, 0.25) is 0 Å². The minimum atomic E-state index is -0.0965. The van der Waals surface area contributed by atoms with Crippen LogP contribution in [0.15, 0.2) is 73.3 Å². The first-order valence-electron chi connectivity index (χ1n) is 10.5. The van der Waals surface area contributed by atoms with Crippen molar-refractivity contribution in [2.45, 2.75) is 31.7 Å². The van der Waals surface area contributed by atoms with E-state index in [9.17, 15) is 4.79 Å². The van der Waals surface area contributed by atoms with E-state index in [1.54, 1.807) is 20.6 Å². The van der Waals surface area contributed by atoms with Crippen LogP contribution in [0.25, 0.3) is 11.4 Å². The van der Waals surface area contributed by atoms with Gasteiger partial charge in [0.1, 0.15) is 18.3 Å². The molecule has 7 nitrogen and oxygen atoms in total. The van der Waals surface area contributed by atoms with Crippen molar-refractivity contribution in [2.75, 3.05) is 7.05 Å². The van der Waals surface area contributed by atoms with E-state index in [0.29, 0.717) is 11.6 Å². The second-order valence-electron chi connectivity index (χ2n) is 8.00. The zero-order valence-electron chi connectivity index (χ0n) is 17.6. The minimum Gasteiger partial charge on any atom is -0.334 e. The number of nitrogens with zero attached hydrogens (tertiary/aromatic N) is 6. The first-order chi connectivity index (χ1) is 15.1. The van der Waals surface area contributed by atoms with Crippen molar-refractivity contribution < 1.29 is 4.79 Å². The highest BCUT2D eigenvalue weighted by Gasteiger charge is 2.30. The molecule has 0 spiro atoms. The molecule has 1 fully saturated rings. The molecular formula is C24H24N6O. The molecule has 0 saturated heterocycles. The van der Waals surface area contributed by atoms with Crippen LogP contribution in [-0.4, -0.2) is 42.4 Å². The molecule has 4 aromatic rings. The van der Waals surface area contributed by atoms with Crippen molar-refractivity contribution in [3.05, 3.63) is 90.3 Å². The Balaban J connectivity index is 1.42. The summed E-state index contributed by atoms with van der Waals surface area (Å²) in [6.07, 6.45) is 5.46. The van der Waals surface area contributed by atoms with E-state index in [1.807, 2.05) is 74.6 Å². The summed E-state index contributed by atoms with van der Waals surface area (Å²) in [6, 6.07) is 19.7. The van der Waals surface area contributed by atoms with Crippen LogP contribution in [0.3, 0.4) is 0 Å². The normalized spacial score (nSPS) is 14.4. The van der Waals surface area contributed by atoms with E-state index in [-0.39, 0.29) is 11.9 Å². The van der Waals surface area contributed by atoms with Crippen LogP contribution >= 0.6 is 0 Å². The van der Waals surface area contributed by atoms with E-state index in [2.05, 4.69) is 10.1 Å². The number of carbonyl (C=O) groups is 1. The monoisotopic (exact) mass is 412 g/mol. The topological polar surface area (TPSA) is 68.8 Å². The molecule has 0 N–H and O–H groups in total. The van der Waals surface area contributed by atoms with Crippen LogP contribution in [-0.2, 0) is 0 Å². The zero-order chi connectivity index (χ0) is 21.4. The summed E-state index contributed by atoms with van der Waals surface area (Å²) in [5.74, 6) is 0.430. The Morgan fingerprint density at radius 1 is 1.06 bits per heavy atom. The number of carbonyl (C=O) groups excluding carboxylic acids is 1. The average Bonchev–Trinajstić information content (AvgIpc) is 3.34. The van der Waals surface area contributed by atoms with Gasteiger partial charge in [-0.2, -0.15) is 10.2 Å². The average molecular weight is 412 g/mol. The molecule has 2 heterocycles. The quantitative estimate of drug-likeness (QED) is 0.477. The molecule has 5 rings (SSSR count). The van der Waals surface area contributed by atoms with E-state index >= 15 is 0 Å². The van der Waals surface area contributed by atoms with Crippen molar-refractivity contribution in [3.63, 3.8) is 0 Å². The summed E-state index contributed by atoms with van der Waals surface area (Å²) in [6.45, 7) is 2.04. The Bertz CT molecular complexity index is 1180. The lowest BCUT2D eigenvalue weighted by atomic mass is 10.1. The fourth-order valence-corrected chi connectivity index (χ4v) is 3.72. The van der Waals surface area contributed by atoms with Crippen LogP contribution in [0.2, 0.25) is 0 Å². The third kappa shape index (κ3) is 3.74. The molecule has 1 aliphatic carbocycles. The summed E-state index contributed by atoms with van der Waals surface area (Å²) >= 11 is 0. The maximum Gasteiger partial charge on any atom is 0.272 e. The Kier molecular flexibility index (Phi) is 4.86. The largest absolute Gasteiger partial charge is 0.334 e. The highest BCUT2D eigenvalue weighted by molar-refractivity contribution is 5.93. The molecule has 2 aromatic carbocycles. The van der Waals surface area contributed by atoms with E-state index in [0.717, 1.165) is 35.5 Å². The highest BCUT2D eigenvalue weighted by Crippen LogP contribution is 2.40. The molecule has 1 atom stereocenters. The van der Waals surface area contributed by atoms with Gasteiger partial charge in [0.05, 0.1) is 23.1 Å². The summed E-state index contributed by atoms with van der Waals surface area (Å²) in [5, 5.41) is 8.93. The second kappa shape index (κ2) is 7.83. The van der Waals surface area contributed by atoms with Gasteiger partial charge < -0.3 is 4.90 Å². The van der Waals surface area contributed by atoms with Gasteiger partial charge in [-0.1, -0.05) is 30.3 Å². The van der Waals surface area contributed by atoms with Crippen molar-refractivity contribution in [3.8, 4) is 11.4 Å². The van der Waals surface area contributed by atoms with Crippen molar-refractivity contribution in [1.29, 1.82) is 0 Å². The number of benzene rings is 2. The third-order valence-electron chi connectivity index (χ3n) is 5.90. The van der Waals surface area contributed by atoms with Gasteiger partial charge in [-0.05, 0) is 55.7 Å². The molecular weight excluding hydrogens is 388 g/mol. The third-order valence-corrected chi connectivity index (χ3v) is 5.90. The number of rotatable bonds is 6. The van der Waals surface area contributed by atoms with Gasteiger partial charge in [0.15, 0.2) is 0 Å². The molecule has 2 aromatic heterocycles. The Morgan fingerprint density at radius 2 is 1.81 bits per heavy atom. The maximum absolute atomic E-state index is 13.5. The van der Waals surface area contributed by atoms with Gasteiger partial charge in [0, 0.05) is 13.0 Å². The van der Waals surface area contributed by atoms with Crippen molar-refractivity contribution in [2.24, 2.45) is 0 Å². The van der Waals surface area contributed by atoms with Gasteiger partial charge in [-0.3, -0.25) is 4.79 Å². The van der Waals surface area contributed by atoms with Crippen LogP contribution in [0.5, 0.6) is 0 Å². The molecule has 1 aliphatic rings. The zero-order valence-corrected chi connectivity index (χ0v) is 17.6. The van der Waals surface area contributed by atoms with E-state index < -0.39 is 0 Å². The van der Waals surface area contributed by atoms with Crippen LogP contribution < -0.4 is 0 Å². The Morgan fingerprint density at radius 3 is 2.45 bits per heavy atom. The summed E-state index contributed by atoms with van der Waals surface area (Å²) in [7, 11) is 1.84. The second-order valence-corrected chi connectivity index (χ2v) is 8.00. The number of hydrogen-bond acceptors (Lipinski definition) is 4. The number of para-hydroxylation sites is 1. The fourth-order valence-electron chi connectivity index (χ4n) is 3.72. The van der Waals surface area contributed by atoms with Gasteiger partial charge in [-0.25, -0.2) is 14.3 Å². The van der Waals surface area contributed by atoms with Gasteiger partial charge in [-0.15, -0.1) is 0 Å². The Labute approximate surface area is 181 Å². The van der Waals surface area contributed by atoms with Crippen LogP contribution in [0, 0.1) is 0 Å². The number of amides is 1. The molecule has 156 valence electrons. The van der Waals surface area contributed by atoms with E-state index in [1.165, 1.54) is 6.33 Å². The molecule has 31 heavy (non-hydrogen) atoms. The first-order valence-corrected chi connectivity index (χ1v) is 10.5. The summed E-state index contributed by atoms with van der Waals surface area (Å²) in [4.78, 5) is 19.3. The van der Waals surface area contributed by atoms with Crippen LogP contribution in [0.4, 0.5) is 0 Å².